The molecule has 1 N–H and O–H groups in total. The smallest absolute Gasteiger partial charge is 0.293 e. The van der Waals surface area contributed by atoms with Crippen molar-refractivity contribution in [1.82, 2.24) is 15.0 Å². The number of nitrogens with zero attached hydrogens (tertiary/aromatic N) is 3. The van der Waals surface area contributed by atoms with Crippen molar-refractivity contribution in [3.8, 4) is 17.1 Å². The van der Waals surface area contributed by atoms with Crippen molar-refractivity contribution < 1.29 is 13.5 Å². The predicted octanol–water partition coefficient (Wildman–Crippen LogP) is 3.44. The van der Waals surface area contributed by atoms with E-state index in [1.54, 1.807) is 6.20 Å². The van der Waals surface area contributed by atoms with Crippen LogP contribution >= 0.6 is 0 Å². The van der Waals surface area contributed by atoms with Gasteiger partial charge in [-0.3, -0.25) is 4.98 Å². The summed E-state index contributed by atoms with van der Waals surface area (Å²) in [4.78, 5) is 12.3. The van der Waals surface area contributed by atoms with Crippen LogP contribution in [0, 0.1) is 26.6 Å². The van der Waals surface area contributed by atoms with Crippen molar-refractivity contribution in [2.24, 2.45) is 0 Å². The number of fused-ring (bicyclic) bond motifs is 3. The molecule has 0 aliphatic heterocycles. The number of pyridine rings is 1. The summed E-state index contributed by atoms with van der Waals surface area (Å²) in [5, 5.41) is 0. The Labute approximate surface area is 144 Å². The van der Waals surface area contributed by atoms with Crippen LogP contribution in [0.3, 0.4) is 0 Å². The number of imidazole rings is 1. The van der Waals surface area contributed by atoms with E-state index in [0.717, 1.165) is 33.9 Å². The van der Waals surface area contributed by atoms with Gasteiger partial charge in [0.1, 0.15) is 11.5 Å². The lowest BCUT2D eigenvalue weighted by atomic mass is 10.1. The summed E-state index contributed by atoms with van der Waals surface area (Å²) in [5.74, 6) is 0.930. The second-order valence-corrected chi connectivity index (χ2v) is 6.15. The Morgan fingerprint density at radius 2 is 2.00 bits per heavy atom. The number of aromatic amines is 1. The van der Waals surface area contributed by atoms with E-state index in [1.807, 2.05) is 37.4 Å². The van der Waals surface area contributed by atoms with Gasteiger partial charge in [0, 0.05) is 31.5 Å². The lowest BCUT2D eigenvalue weighted by Crippen LogP contribution is -2.26. The molecule has 0 saturated heterocycles. The van der Waals surface area contributed by atoms with Crippen molar-refractivity contribution in [3.05, 3.63) is 53.4 Å². The number of aryl methyl sites for hydroxylation is 3. The monoisotopic (exact) mass is 337 g/mol. The van der Waals surface area contributed by atoms with Gasteiger partial charge in [-0.15, -0.1) is 0 Å². The molecule has 0 aliphatic rings. The third kappa shape index (κ3) is 2.25. The van der Waals surface area contributed by atoms with E-state index in [-0.39, 0.29) is 5.82 Å². The summed E-state index contributed by atoms with van der Waals surface area (Å²) in [6, 6.07) is 4.80. The molecule has 3 heterocycles. The predicted molar refractivity (Wildman–Crippen MR) is 93.2 cm³/mol. The molecule has 0 fully saturated rings. The van der Waals surface area contributed by atoms with Crippen LogP contribution in [-0.4, -0.2) is 22.1 Å². The molecule has 1 aromatic carbocycles. The molecule has 0 unspecified atom stereocenters. The first-order valence-electron chi connectivity index (χ1n) is 8.00. The fourth-order valence-electron chi connectivity index (χ4n) is 3.39. The highest BCUT2D eigenvalue weighted by Crippen LogP contribution is 2.28. The Morgan fingerprint density at radius 3 is 2.72 bits per heavy atom. The largest absolute Gasteiger partial charge is 0.494 e. The summed E-state index contributed by atoms with van der Waals surface area (Å²) in [6.07, 6.45) is 3.57. The Kier molecular flexibility index (Phi) is 3.42. The van der Waals surface area contributed by atoms with Crippen molar-refractivity contribution in [2.75, 3.05) is 7.11 Å². The zero-order chi connectivity index (χ0) is 17.7. The van der Waals surface area contributed by atoms with Gasteiger partial charge in [-0.05, 0) is 25.5 Å². The number of aromatic nitrogens is 4. The summed E-state index contributed by atoms with van der Waals surface area (Å²) >= 11 is 0. The third-order valence-corrected chi connectivity index (χ3v) is 4.49. The van der Waals surface area contributed by atoms with Gasteiger partial charge >= 0.3 is 0 Å². The van der Waals surface area contributed by atoms with Gasteiger partial charge in [0.2, 0.25) is 0 Å². The van der Waals surface area contributed by atoms with E-state index >= 15 is 0 Å². The number of ether oxygens (including phenoxy) is 1. The molecule has 0 radical (unpaired) electrons. The van der Waals surface area contributed by atoms with Crippen LogP contribution in [-0.2, 0) is 0 Å². The number of methoxy groups -OCH3 is 1. The quantitative estimate of drug-likeness (QED) is 0.570. The van der Waals surface area contributed by atoms with E-state index in [9.17, 15) is 4.39 Å². The molecule has 0 amide bonds. The number of hydrogen-bond donors (Lipinski definition) is 1. The van der Waals surface area contributed by atoms with Crippen molar-refractivity contribution >= 4 is 16.6 Å². The number of halogens is 1. The molecule has 5 nitrogen and oxygen atoms in total. The molecule has 4 aromatic rings. The average molecular weight is 337 g/mol. The Balaban J connectivity index is 2.25. The Bertz CT molecular complexity index is 1130. The van der Waals surface area contributed by atoms with Gasteiger partial charge in [0.25, 0.3) is 5.82 Å². The number of nitrogens with one attached hydrogen (secondary N) is 1. The molecule has 0 saturated carbocycles. The van der Waals surface area contributed by atoms with E-state index in [1.165, 1.54) is 19.2 Å². The highest BCUT2D eigenvalue weighted by atomic mass is 19.1. The van der Waals surface area contributed by atoms with Crippen molar-refractivity contribution in [1.29, 1.82) is 0 Å². The van der Waals surface area contributed by atoms with E-state index in [0.29, 0.717) is 16.8 Å². The summed E-state index contributed by atoms with van der Waals surface area (Å²) < 4.78 is 21.6. The standard InChI is InChI=1S/C19H17FN4O/c1-10-9-21-6-5-14(10)19-23-12(3)18-11(2)22-17-15(24(18)19)7-13(20)8-16(17)25-4/h5-9H,1-4H3/p+1. The summed E-state index contributed by atoms with van der Waals surface area (Å²) in [5.41, 5.74) is 6.09. The number of benzene rings is 1. The maximum atomic E-state index is 14.2. The van der Waals surface area contributed by atoms with Gasteiger partial charge in [-0.25, -0.2) is 14.4 Å². The van der Waals surface area contributed by atoms with Crippen LogP contribution in [0.15, 0.2) is 30.6 Å². The van der Waals surface area contributed by atoms with Gasteiger partial charge in [-0.2, -0.15) is 4.40 Å². The highest BCUT2D eigenvalue weighted by molar-refractivity contribution is 5.81. The molecule has 126 valence electrons. The van der Waals surface area contributed by atoms with E-state index in [4.69, 9.17) is 4.74 Å². The zero-order valence-electron chi connectivity index (χ0n) is 14.5. The lowest BCUT2D eigenvalue weighted by molar-refractivity contribution is -0.468. The molecular weight excluding hydrogens is 319 g/mol. The fraction of sp³-hybridized carbons (Fsp3) is 0.211. The topological polar surface area (TPSA) is 54.9 Å². The molecule has 0 spiro atoms. The Hall–Kier alpha value is -3.02. The number of H-pyrrole nitrogens is 1. The normalized spacial score (nSPS) is 11.4. The van der Waals surface area contributed by atoms with E-state index in [2.05, 4.69) is 15.0 Å². The second-order valence-electron chi connectivity index (χ2n) is 6.15. The van der Waals surface area contributed by atoms with Crippen LogP contribution in [0.1, 0.15) is 17.0 Å². The first-order chi connectivity index (χ1) is 12.0. The van der Waals surface area contributed by atoms with Crippen LogP contribution in [0.25, 0.3) is 27.9 Å². The fourth-order valence-corrected chi connectivity index (χ4v) is 3.39. The SMILES string of the molecule is COc1cc(F)cc2c1nc(C)c1c(C)[nH]c(-c3ccncc3C)[n+]12. The maximum Gasteiger partial charge on any atom is 0.293 e. The second kappa shape index (κ2) is 5.51. The van der Waals surface area contributed by atoms with Crippen molar-refractivity contribution in [3.63, 3.8) is 0 Å². The van der Waals surface area contributed by atoms with Gasteiger partial charge < -0.3 is 4.74 Å². The average Bonchev–Trinajstić information content (AvgIpc) is 2.93. The van der Waals surface area contributed by atoms with E-state index < -0.39 is 0 Å². The van der Waals surface area contributed by atoms with Gasteiger partial charge in [-0.1, -0.05) is 0 Å². The van der Waals surface area contributed by atoms with Crippen LogP contribution < -0.4 is 9.14 Å². The number of rotatable bonds is 2. The lowest BCUT2D eigenvalue weighted by Gasteiger charge is -2.07. The van der Waals surface area contributed by atoms with Gasteiger partial charge in [0.15, 0.2) is 22.3 Å². The first-order valence-corrected chi connectivity index (χ1v) is 8.00. The zero-order valence-corrected chi connectivity index (χ0v) is 14.5. The molecule has 6 heteroatoms. The van der Waals surface area contributed by atoms with Crippen molar-refractivity contribution in [2.45, 2.75) is 20.8 Å². The molecule has 0 bridgehead atoms. The van der Waals surface area contributed by atoms with Crippen LogP contribution in [0.5, 0.6) is 5.75 Å². The molecule has 3 aromatic heterocycles. The summed E-state index contributed by atoms with van der Waals surface area (Å²) in [6.45, 7) is 5.94. The molecular formula is C19H18FN4O+. The van der Waals surface area contributed by atoms with Crippen LogP contribution in [0.2, 0.25) is 0 Å². The minimum absolute atomic E-state index is 0.361. The minimum Gasteiger partial charge on any atom is -0.494 e. The third-order valence-electron chi connectivity index (χ3n) is 4.49. The molecule has 0 atom stereocenters. The van der Waals surface area contributed by atoms with Gasteiger partial charge in [0.05, 0.1) is 18.4 Å². The maximum absolute atomic E-state index is 14.2. The molecule has 25 heavy (non-hydrogen) atoms. The molecule has 0 aliphatic carbocycles. The first kappa shape index (κ1) is 15.5. The molecule has 4 rings (SSSR count). The highest BCUT2D eigenvalue weighted by Gasteiger charge is 2.26. The summed E-state index contributed by atoms with van der Waals surface area (Å²) in [7, 11) is 1.52. The number of hydrogen-bond acceptors (Lipinski definition) is 3. The minimum atomic E-state index is -0.361. The van der Waals surface area contributed by atoms with Crippen LogP contribution in [0.4, 0.5) is 4.39 Å². The Morgan fingerprint density at radius 1 is 1.20 bits per heavy atom.